The highest BCUT2D eigenvalue weighted by Crippen LogP contribution is 2.35. The van der Waals surface area contributed by atoms with Crippen molar-refractivity contribution in [2.45, 2.75) is 194 Å². The molecule has 4 atom stereocenters. The number of hydrogen-bond acceptors (Lipinski definition) is 6. The van der Waals surface area contributed by atoms with E-state index in [0.717, 1.165) is 32.1 Å². The number of nitrogens with one attached hydrogen (secondary N) is 1. The van der Waals surface area contributed by atoms with Gasteiger partial charge in [-0.3, -0.25) is 9.59 Å². The zero-order chi connectivity index (χ0) is 37.8. The molecule has 1 N–H and O–H groups in total. The van der Waals surface area contributed by atoms with Crippen LogP contribution < -0.4 is 5.32 Å². The van der Waals surface area contributed by atoms with Gasteiger partial charge >= 0.3 is 5.97 Å². The van der Waals surface area contributed by atoms with E-state index in [-0.39, 0.29) is 36.1 Å². The summed E-state index contributed by atoms with van der Waals surface area (Å²) in [4.78, 5) is 25.1. The summed E-state index contributed by atoms with van der Waals surface area (Å²) in [6.07, 6.45) is 16.7. The maximum absolute atomic E-state index is 13.4. The van der Waals surface area contributed by atoms with Gasteiger partial charge < -0.3 is 23.3 Å². The van der Waals surface area contributed by atoms with Crippen LogP contribution in [-0.4, -0.2) is 68.8 Å². The summed E-state index contributed by atoms with van der Waals surface area (Å²) in [6.45, 7) is 32.3. The summed E-state index contributed by atoms with van der Waals surface area (Å²) >= 11 is 0. The second-order valence-electron chi connectivity index (χ2n) is 16.4. The summed E-state index contributed by atoms with van der Waals surface area (Å²) in [5, 5.41) is 3.12. The van der Waals surface area contributed by atoms with E-state index >= 15 is 0 Å². The van der Waals surface area contributed by atoms with E-state index in [0.29, 0.717) is 42.4 Å². The molecule has 0 rings (SSSR count). The predicted octanol–water partition coefficient (Wildman–Crippen LogP) is 10.9. The van der Waals surface area contributed by atoms with Crippen molar-refractivity contribution in [2.75, 3.05) is 13.7 Å². The van der Waals surface area contributed by atoms with Crippen LogP contribution in [0.2, 0.25) is 55.9 Å². The van der Waals surface area contributed by atoms with Crippen LogP contribution in [0.25, 0.3) is 0 Å². The molecule has 0 aromatic rings. The number of methoxy groups -OCH3 is 1. The number of ether oxygens (including phenoxy) is 1. The smallest absolute Gasteiger partial charge is 0.305 e. The SMILES string of the molecule is CCCCCC(/C=C/C(O[Si](C)(C)C(C)C)C(C/C=C/CCCC(=O)OC)C(CC(=O)NCCC)O[Si](C)(C)C(C)C)O[Si](C)(C)C(C)C. The number of carbonyl (C=O) groups is 2. The lowest BCUT2D eigenvalue weighted by Crippen LogP contribution is -2.49. The molecule has 7 nitrogen and oxygen atoms in total. The Kier molecular flexibility index (Phi) is 23.7. The maximum atomic E-state index is 13.4. The van der Waals surface area contributed by atoms with Crippen LogP contribution in [0, 0.1) is 5.92 Å². The van der Waals surface area contributed by atoms with E-state index in [4.69, 9.17) is 18.0 Å². The van der Waals surface area contributed by atoms with Crippen molar-refractivity contribution in [2.24, 2.45) is 5.92 Å². The second kappa shape index (κ2) is 24.2. The molecule has 0 aliphatic rings. The van der Waals surface area contributed by atoms with Gasteiger partial charge in [-0.15, -0.1) is 0 Å². The molecule has 0 heterocycles. The third-order valence-electron chi connectivity index (χ3n) is 10.5. The maximum Gasteiger partial charge on any atom is 0.305 e. The molecule has 288 valence electrons. The summed E-state index contributed by atoms with van der Waals surface area (Å²) in [5.41, 5.74) is 1.31. The van der Waals surface area contributed by atoms with Gasteiger partial charge in [-0.25, -0.2) is 0 Å². The van der Waals surface area contributed by atoms with E-state index in [9.17, 15) is 9.59 Å². The minimum absolute atomic E-state index is 0.0220. The summed E-state index contributed by atoms with van der Waals surface area (Å²) < 4.78 is 26.2. The van der Waals surface area contributed by atoms with Gasteiger partial charge in [0.15, 0.2) is 25.0 Å². The molecule has 0 saturated carbocycles. The monoisotopic (exact) mass is 742 g/mol. The first kappa shape index (κ1) is 48.0. The average Bonchev–Trinajstić information content (AvgIpc) is 3.00. The lowest BCUT2D eigenvalue weighted by atomic mass is 9.89. The number of amides is 1. The first-order chi connectivity index (χ1) is 22.7. The van der Waals surface area contributed by atoms with Crippen LogP contribution in [0.3, 0.4) is 0 Å². The van der Waals surface area contributed by atoms with E-state index in [1.165, 1.54) is 20.0 Å². The number of hydrogen-bond donors (Lipinski definition) is 1. The zero-order valence-electron chi connectivity index (χ0n) is 34.6. The Morgan fingerprint density at radius 2 is 1.29 bits per heavy atom. The van der Waals surface area contributed by atoms with Gasteiger partial charge in [-0.05, 0) is 88.0 Å². The summed E-state index contributed by atoms with van der Waals surface area (Å²) in [5.74, 6) is -0.234. The standard InChI is InChI=1S/C39H79NO6Si3/c1-16-18-21-24-34(44-47(10,11)31(3)4)27-28-36(45-48(12,13)32(5)6)35(25-22-19-20-23-26-39(42)43-9)37(30-38(41)40-29-17-2)46-49(14,15)33(7)8/h19,22,27-28,31-37H,16-18,20-21,23-26,29-30H2,1-15H3,(H,40,41)/b22-19+,28-27+. The highest BCUT2D eigenvalue weighted by molar-refractivity contribution is 6.73. The lowest BCUT2D eigenvalue weighted by molar-refractivity contribution is -0.140. The molecule has 0 aliphatic heterocycles. The highest BCUT2D eigenvalue weighted by Gasteiger charge is 2.40. The molecule has 0 saturated heterocycles. The van der Waals surface area contributed by atoms with Crippen LogP contribution in [0.15, 0.2) is 24.3 Å². The van der Waals surface area contributed by atoms with Crippen molar-refractivity contribution >= 4 is 36.8 Å². The predicted molar refractivity (Wildman–Crippen MR) is 217 cm³/mol. The first-order valence-electron chi connectivity index (χ1n) is 19.4. The second-order valence-corrected chi connectivity index (χ2v) is 30.2. The molecule has 0 radical (unpaired) electrons. The van der Waals surface area contributed by atoms with Gasteiger partial charge in [0.05, 0.1) is 31.8 Å². The molecule has 0 aromatic heterocycles. The van der Waals surface area contributed by atoms with Crippen molar-refractivity contribution in [3.63, 3.8) is 0 Å². The van der Waals surface area contributed by atoms with Crippen molar-refractivity contribution in [3.8, 4) is 0 Å². The number of carbonyl (C=O) groups excluding carboxylic acids is 2. The summed E-state index contributed by atoms with van der Waals surface area (Å²) in [6, 6.07) is 0. The molecule has 0 bridgehead atoms. The highest BCUT2D eigenvalue weighted by atomic mass is 28.4. The lowest BCUT2D eigenvalue weighted by Gasteiger charge is -2.41. The van der Waals surface area contributed by atoms with Gasteiger partial charge in [0.1, 0.15) is 0 Å². The fraction of sp³-hybridized carbons (Fsp3) is 0.846. The fourth-order valence-electron chi connectivity index (χ4n) is 4.97. The molecule has 10 heteroatoms. The number of unbranched alkanes of at least 4 members (excludes halogenated alkanes) is 3. The molecule has 0 aliphatic carbocycles. The van der Waals surface area contributed by atoms with Crippen molar-refractivity contribution in [1.29, 1.82) is 0 Å². The van der Waals surface area contributed by atoms with Crippen LogP contribution in [0.4, 0.5) is 0 Å². The molecule has 49 heavy (non-hydrogen) atoms. The van der Waals surface area contributed by atoms with Gasteiger partial charge in [-0.2, -0.15) is 0 Å². The molecule has 0 spiro atoms. The van der Waals surface area contributed by atoms with E-state index in [1.807, 2.05) is 0 Å². The van der Waals surface area contributed by atoms with Crippen molar-refractivity contribution < 1.29 is 27.6 Å². The topological polar surface area (TPSA) is 83.1 Å². The van der Waals surface area contributed by atoms with Gasteiger partial charge in [0.2, 0.25) is 5.91 Å². The molecule has 1 amide bonds. The molecule has 0 fully saturated rings. The fourth-order valence-corrected chi connectivity index (χ4v) is 8.75. The third kappa shape index (κ3) is 20.0. The Morgan fingerprint density at radius 3 is 1.82 bits per heavy atom. The average molecular weight is 742 g/mol. The van der Waals surface area contributed by atoms with Crippen LogP contribution >= 0.6 is 0 Å². The first-order valence-corrected chi connectivity index (χ1v) is 28.4. The van der Waals surface area contributed by atoms with E-state index in [1.54, 1.807) is 0 Å². The minimum atomic E-state index is -2.16. The van der Waals surface area contributed by atoms with E-state index < -0.39 is 25.0 Å². The van der Waals surface area contributed by atoms with E-state index in [2.05, 4.69) is 124 Å². The number of allylic oxidation sites excluding steroid dienone is 2. The molecule has 4 unspecified atom stereocenters. The Labute approximate surface area is 306 Å². The minimum Gasteiger partial charge on any atom is -0.469 e. The van der Waals surface area contributed by atoms with Crippen LogP contribution in [-0.2, 0) is 27.6 Å². The Hall–Kier alpha value is -1.05. The zero-order valence-corrected chi connectivity index (χ0v) is 37.6. The number of esters is 1. The number of rotatable bonds is 27. The van der Waals surface area contributed by atoms with Crippen molar-refractivity contribution in [1.82, 2.24) is 5.32 Å². The normalized spacial score (nSPS) is 15.8. The Balaban J connectivity index is 7.10. The molecule has 0 aromatic carbocycles. The van der Waals surface area contributed by atoms with Crippen LogP contribution in [0.1, 0.15) is 120 Å². The Morgan fingerprint density at radius 1 is 0.714 bits per heavy atom. The third-order valence-corrected chi connectivity index (χ3v) is 21.6. The largest absolute Gasteiger partial charge is 0.469 e. The molecular formula is C39H79NO6Si3. The quantitative estimate of drug-likeness (QED) is 0.0391. The van der Waals surface area contributed by atoms with Crippen molar-refractivity contribution in [3.05, 3.63) is 24.3 Å². The van der Waals surface area contributed by atoms with Gasteiger partial charge in [-0.1, -0.05) is 99.0 Å². The van der Waals surface area contributed by atoms with Crippen LogP contribution in [0.5, 0.6) is 0 Å². The Bertz CT molecular complexity index is 980. The summed E-state index contributed by atoms with van der Waals surface area (Å²) in [7, 11) is -4.78. The molecular weight excluding hydrogens is 663 g/mol. The van der Waals surface area contributed by atoms with Gasteiger partial charge in [0.25, 0.3) is 0 Å². The van der Waals surface area contributed by atoms with Gasteiger partial charge in [0, 0.05) is 18.9 Å².